The molecule has 1 heterocycles. The molecule has 0 saturated carbocycles. The number of rotatable bonds is 8. The number of halogens is 2. The zero-order chi connectivity index (χ0) is 24.1. The highest BCUT2D eigenvalue weighted by Gasteiger charge is 2.15. The monoisotopic (exact) mass is 496 g/mol. The number of benzene rings is 3. The first-order valence-electron chi connectivity index (χ1n) is 10.4. The Hall–Kier alpha value is -3.55. The lowest BCUT2D eigenvalue weighted by Crippen LogP contribution is -2.24. The van der Waals surface area contributed by atoms with Crippen LogP contribution < -0.4 is 14.9 Å². The standard InChI is InChI=1S/C25H22Cl2N4O3/c1-33-22-10-7-16(11-23(22)34-2)12-24-29-20-5-3-4-6-21(20)31(24)15-25(32)30-28-14-17-8-9-18(26)13-19(17)27/h3-11,13-14H,12,15H2,1-2H3,(H,30,32)/b28-14-. The quantitative estimate of drug-likeness (QED) is 0.272. The molecule has 34 heavy (non-hydrogen) atoms. The number of nitrogens with zero attached hydrogens (tertiary/aromatic N) is 3. The van der Waals surface area contributed by atoms with E-state index in [0.717, 1.165) is 22.4 Å². The van der Waals surface area contributed by atoms with Gasteiger partial charge in [-0.15, -0.1) is 0 Å². The zero-order valence-corrected chi connectivity index (χ0v) is 20.1. The van der Waals surface area contributed by atoms with E-state index in [-0.39, 0.29) is 12.5 Å². The Morgan fingerprint density at radius 1 is 1.06 bits per heavy atom. The fourth-order valence-corrected chi connectivity index (χ4v) is 4.03. The third-order valence-corrected chi connectivity index (χ3v) is 5.76. The van der Waals surface area contributed by atoms with Crippen molar-refractivity contribution in [3.63, 3.8) is 0 Å². The van der Waals surface area contributed by atoms with Crippen LogP contribution in [0.1, 0.15) is 17.0 Å². The summed E-state index contributed by atoms with van der Waals surface area (Å²) in [4.78, 5) is 17.5. The normalized spacial score (nSPS) is 11.2. The Bertz CT molecular complexity index is 1370. The summed E-state index contributed by atoms with van der Waals surface area (Å²) in [5.74, 6) is 1.74. The van der Waals surface area contributed by atoms with Crippen molar-refractivity contribution >= 4 is 46.4 Å². The highest BCUT2D eigenvalue weighted by atomic mass is 35.5. The number of methoxy groups -OCH3 is 2. The van der Waals surface area contributed by atoms with Gasteiger partial charge in [0.25, 0.3) is 5.91 Å². The lowest BCUT2D eigenvalue weighted by Gasteiger charge is -2.11. The van der Waals surface area contributed by atoms with Gasteiger partial charge in [-0.05, 0) is 42.0 Å². The molecular weight excluding hydrogens is 475 g/mol. The van der Waals surface area contributed by atoms with E-state index in [9.17, 15) is 4.79 Å². The van der Waals surface area contributed by atoms with Gasteiger partial charge in [-0.3, -0.25) is 4.79 Å². The molecule has 1 amide bonds. The molecule has 3 aromatic carbocycles. The van der Waals surface area contributed by atoms with Crippen molar-refractivity contribution in [1.29, 1.82) is 0 Å². The molecule has 4 aromatic rings. The van der Waals surface area contributed by atoms with E-state index < -0.39 is 0 Å². The van der Waals surface area contributed by atoms with Crippen molar-refractivity contribution in [1.82, 2.24) is 15.0 Å². The maximum absolute atomic E-state index is 12.7. The first kappa shape index (κ1) is 23.6. The van der Waals surface area contributed by atoms with Crippen molar-refractivity contribution < 1.29 is 14.3 Å². The summed E-state index contributed by atoms with van der Waals surface area (Å²) in [6.45, 7) is 0.0504. The van der Waals surface area contributed by atoms with E-state index in [0.29, 0.717) is 33.5 Å². The number of ether oxygens (including phenoxy) is 2. The second-order valence-electron chi connectivity index (χ2n) is 7.43. The average Bonchev–Trinajstić information content (AvgIpc) is 3.17. The molecule has 0 aliphatic heterocycles. The van der Waals surface area contributed by atoms with E-state index >= 15 is 0 Å². The molecule has 9 heteroatoms. The summed E-state index contributed by atoms with van der Waals surface area (Å²) in [5, 5.41) is 5.01. The summed E-state index contributed by atoms with van der Waals surface area (Å²) < 4.78 is 12.6. The topological polar surface area (TPSA) is 77.7 Å². The van der Waals surface area contributed by atoms with Crippen LogP contribution in [0.3, 0.4) is 0 Å². The van der Waals surface area contributed by atoms with Gasteiger partial charge in [-0.2, -0.15) is 5.10 Å². The van der Waals surface area contributed by atoms with Crippen molar-refractivity contribution in [2.45, 2.75) is 13.0 Å². The molecule has 4 rings (SSSR count). The van der Waals surface area contributed by atoms with Crippen molar-refractivity contribution in [3.05, 3.63) is 87.7 Å². The average molecular weight is 497 g/mol. The molecule has 0 saturated heterocycles. The van der Waals surface area contributed by atoms with Gasteiger partial charge in [0.05, 0.1) is 36.5 Å². The van der Waals surface area contributed by atoms with Crippen LogP contribution >= 0.6 is 23.2 Å². The SMILES string of the molecule is COc1ccc(Cc2nc3ccccc3n2CC(=O)N/N=C\c2ccc(Cl)cc2Cl)cc1OC. The number of hydrogen-bond acceptors (Lipinski definition) is 5. The molecule has 7 nitrogen and oxygen atoms in total. The number of fused-ring (bicyclic) bond motifs is 1. The molecule has 0 aliphatic rings. The third-order valence-electron chi connectivity index (χ3n) is 5.20. The first-order chi connectivity index (χ1) is 16.5. The highest BCUT2D eigenvalue weighted by molar-refractivity contribution is 6.36. The number of nitrogens with one attached hydrogen (secondary N) is 1. The number of carbonyl (C=O) groups is 1. The maximum Gasteiger partial charge on any atom is 0.260 e. The van der Waals surface area contributed by atoms with Crippen LogP contribution in [-0.4, -0.2) is 35.9 Å². The number of imidazole rings is 1. The number of aromatic nitrogens is 2. The van der Waals surface area contributed by atoms with E-state index in [4.69, 9.17) is 37.7 Å². The van der Waals surface area contributed by atoms with Gasteiger partial charge in [0, 0.05) is 17.0 Å². The van der Waals surface area contributed by atoms with E-state index in [1.54, 1.807) is 32.4 Å². The largest absolute Gasteiger partial charge is 0.493 e. The second kappa shape index (κ2) is 10.6. The third kappa shape index (κ3) is 5.32. The van der Waals surface area contributed by atoms with Crippen LogP contribution in [-0.2, 0) is 17.8 Å². The van der Waals surface area contributed by atoms with Gasteiger partial charge in [0.1, 0.15) is 12.4 Å². The first-order valence-corrected chi connectivity index (χ1v) is 11.2. The summed E-state index contributed by atoms with van der Waals surface area (Å²) in [6.07, 6.45) is 1.99. The second-order valence-corrected chi connectivity index (χ2v) is 8.27. The van der Waals surface area contributed by atoms with Gasteiger partial charge < -0.3 is 14.0 Å². The molecule has 1 aromatic heterocycles. The maximum atomic E-state index is 12.7. The highest BCUT2D eigenvalue weighted by Crippen LogP contribution is 2.29. The Labute approximate surface area is 206 Å². The minimum atomic E-state index is -0.293. The predicted octanol–water partition coefficient (Wildman–Crippen LogP) is 5.10. The predicted molar refractivity (Wildman–Crippen MR) is 134 cm³/mol. The summed E-state index contributed by atoms with van der Waals surface area (Å²) in [6, 6.07) is 18.4. The van der Waals surface area contributed by atoms with Crippen LogP contribution in [0.5, 0.6) is 11.5 Å². The molecule has 0 fully saturated rings. The van der Waals surface area contributed by atoms with E-state index in [2.05, 4.69) is 10.5 Å². The van der Waals surface area contributed by atoms with Crippen LogP contribution in [0, 0.1) is 0 Å². The van der Waals surface area contributed by atoms with Crippen molar-refractivity contribution in [2.24, 2.45) is 5.10 Å². The van der Waals surface area contributed by atoms with Gasteiger partial charge >= 0.3 is 0 Å². The summed E-state index contributed by atoms with van der Waals surface area (Å²) in [5.41, 5.74) is 5.84. The Kier molecular flexibility index (Phi) is 7.35. The molecule has 0 unspecified atom stereocenters. The minimum Gasteiger partial charge on any atom is -0.493 e. The van der Waals surface area contributed by atoms with Crippen molar-refractivity contribution in [3.8, 4) is 11.5 Å². The lowest BCUT2D eigenvalue weighted by molar-refractivity contribution is -0.121. The molecule has 0 atom stereocenters. The van der Waals surface area contributed by atoms with E-state index in [1.807, 2.05) is 47.0 Å². The zero-order valence-electron chi connectivity index (χ0n) is 18.6. The number of para-hydroxylation sites is 2. The van der Waals surface area contributed by atoms with Crippen LogP contribution in [0.4, 0.5) is 0 Å². The molecule has 0 aliphatic carbocycles. The Morgan fingerprint density at radius 3 is 2.62 bits per heavy atom. The minimum absolute atomic E-state index is 0.0504. The van der Waals surface area contributed by atoms with Gasteiger partial charge in [-0.1, -0.05) is 47.5 Å². The molecule has 0 spiro atoms. The van der Waals surface area contributed by atoms with Crippen LogP contribution in [0.2, 0.25) is 10.0 Å². The van der Waals surface area contributed by atoms with E-state index in [1.165, 1.54) is 6.21 Å². The van der Waals surface area contributed by atoms with Crippen LogP contribution in [0.15, 0.2) is 65.8 Å². The fourth-order valence-electron chi connectivity index (χ4n) is 3.57. The molecule has 0 bridgehead atoms. The lowest BCUT2D eigenvalue weighted by atomic mass is 10.1. The fraction of sp³-hybridized carbons (Fsp3) is 0.160. The number of amides is 1. The molecule has 0 radical (unpaired) electrons. The van der Waals surface area contributed by atoms with Gasteiger partial charge in [-0.25, -0.2) is 10.4 Å². The summed E-state index contributed by atoms with van der Waals surface area (Å²) in [7, 11) is 3.19. The Balaban J connectivity index is 1.55. The number of hydrazone groups is 1. The molecular formula is C25H22Cl2N4O3. The summed E-state index contributed by atoms with van der Waals surface area (Å²) >= 11 is 12.1. The van der Waals surface area contributed by atoms with Crippen molar-refractivity contribution in [2.75, 3.05) is 14.2 Å². The Morgan fingerprint density at radius 2 is 1.85 bits per heavy atom. The molecule has 174 valence electrons. The smallest absolute Gasteiger partial charge is 0.260 e. The van der Waals surface area contributed by atoms with Gasteiger partial charge in [0.15, 0.2) is 11.5 Å². The van der Waals surface area contributed by atoms with Gasteiger partial charge in [0.2, 0.25) is 0 Å². The number of hydrogen-bond donors (Lipinski definition) is 1. The molecule has 1 N–H and O–H groups in total. The number of carbonyl (C=O) groups excluding carboxylic acids is 1. The van der Waals surface area contributed by atoms with Crippen LogP contribution in [0.25, 0.3) is 11.0 Å².